The molecule has 0 aliphatic rings. The largest absolute Gasteiger partial charge is 0.302 e. The summed E-state index contributed by atoms with van der Waals surface area (Å²) in [5, 5.41) is 0. The van der Waals surface area contributed by atoms with Crippen LogP contribution < -0.4 is 4.72 Å². The van der Waals surface area contributed by atoms with E-state index in [0.717, 1.165) is 11.8 Å². The summed E-state index contributed by atoms with van der Waals surface area (Å²) >= 11 is 0. The second kappa shape index (κ2) is 5.04. The third kappa shape index (κ3) is 4.71. The standard InChI is InChI=1S/C10H13NO3S/c1-15(13,14)11-10(8-12)7-9-5-3-2-4-6-9/h2-6,8,10-11H,7H2,1H3/t10-/m0/s1. The van der Waals surface area contributed by atoms with E-state index in [9.17, 15) is 13.2 Å². The lowest BCUT2D eigenvalue weighted by Gasteiger charge is -2.10. The molecule has 1 aromatic rings. The third-order valence-corrected chi connectivity index (χ3v) is 2.56. The molecule has 0 amide bonds. The molecule has 0 bridgehead atoms. The number of aldehydes is 1. The van der Waals surface area contributed by atoms with Crippen LogP contribution in [0.1, 0.15) is 5.56 Å². The maximum Gasteiger partial charge on any atom is 0.209 e. The molecule has 0 spiro atoms. The van der Waals surface area contributed by atoms with Gasteiger partial charge in [-0.3, -0.25) is 0 Å². The predicted molar refractivity (Wildman–Crippen MR) is 58.0 cm³/mol. The first-order valence-corrected chi connectivity index (χ1v) is 6.37. The van der Waals surface area contributed by atoms with Gasteiger partial charge < -0.3 is 4.79 Å². The zero-order valence-electron chi connectivity index (χ0n) is 8.38. The maximum absolute atomic E-state index is 10.9. The highest BCUT2D eigenvalue weighted by atomic mass is 32.2. The Hall–Kier alpha value is -1.20. The zero-order chi connectivity index (χ0) is 11.3. The van der Waals surface area contributed by atoms with Crippen LogP contribution in [0.15, 0.2) is 30.3 Å². The average molecular weight is 227 g/mol. The number of hydrogen-bond donors (Lipinski definition) is 1. The summed E-state index contributed by atoms with van der Waals surface area (Å²) < 4.78 is 24.1. The second-order valence-electron chi connectivity index (χ2n) is 3.32. The van der Waals surface area contributed by atoms with Crippen LogP contribution in [-0.4, -0.2) is 27.0 Å². The highest BCUT2D eigenvalue weighted by Crippen LogP contribution is 2.02. The van der Waals surface area contributed by atoms with Gasteiger partial charge in [0.2, 0.25) is 10.0 Å². The van der Waals surface area contributed by atoms with Crippen LogP contribution in [0.3, 0.4) is 0 Å². The van der Waals surface area contributed by atoms with Crippen molar-refractivity contribution in [3.05, 3.63) is 35.9 Å². The Morgan fingerprint density at radius 3 is 2.40 bits per heavy atom. The first kappa shape index (κ1) is 11.9. The summed E-state index contributed by atoms with van der Waals surface area (Å²) in [5.74, 6) is 0. The fourth-order valence-corrected chi connectivity index (χ4v) is 1.95. The second-order valence-corrected chi connectivity index (χ2v) is 5.10. The van der Waals surface area contributed by atoms with Gasteiger partial charge in [-0.2, -0.15) is 0 Å². The number of carbonyl (C=O) groups excluding carboxylic acids is 1. The molecular weight excluding hydrogens is 214 g/mol. The number of rotatable bonds is 5. The van der Waals surface area contributed by atoms with Gasteiger partial charge in [-0.15, -0.1) is 0 Å². The molecule has 0 saturated carbocycles. The Balaban J connectivity index is 2.67. The smallest absolute Gasteiger partial charge is 0.209 e. The summed E-state index contributed by atoms with van der Waals surface area (Å²) in [7, 11) is -3.34. The molecule has 1 aromatic carbocycles. The minimum absolute atomic E-state index is 0.372. The Kier molecular flexibility index (Phi) is 3.99. The Bertz CT molecular complexity index is 414. The Labute approximate surface area is 89.4 Å². The van der Waals surface area contributed by atoms with Crippen LogP contribution in [-0.2, 0) is 21.2 Å². The van der Waals surface area contributed by atoms with Gasteiger partial charge in [0.1, 0.15) is 6.29 Å². The van der Waals surface area contributed by atoms with E-state index in [1.165, 1.54) is 0 Å². The normalized spacial score (nSPS) is 13.4. The van der Waals surface area contributed by atoms with Crippen molar-refractivity contribution >= 4 is 16.3 Å². The first-order valence-electron chi connectivity index (χ1n) is 4.48. The van der Waals surface area contributed by atoms with Gasteiger partial charge in [-0.25, -0.2) is 13.1 Å². The topological polar surface area (TPSA) is 63.2 Å². The highest BCUT2D eigenvalue weighted by molar-refractivity contribution is 7.88. The van der Waals surface area contributed by atoms with Gasteiger partial charge in [0.05, 0.1) is 12.3 Å². The monoisotopic (exact) mass is 227 g/mol. The summed E-state index contributed by atoms with van der Waals surface area (Å²) in [6, 6.07) is 8.56. The van der Waals surface area contributed by atoms with Crippen molar-refractivity contribution in [1.29, 1.82) is 0 Å². The van der Waals surface area contributed by atoms with E-state index in [0.29, 0.717) is 12.7 Å². The molecule has 1 atom stereocenters. The molecule has 0 radical (unpaired) electrons. The lowest BCUT2D eigenvalue weighted by molar-refractivity contribution is -0.109. The van der Waals surface area contributed by atoms with Gasteiger partial charge in [0.15, 0.2) is 0 Å². The van der Waals surface area contributed by atoms with Crippen molar-refractivity contribution in [2.24, 2.45) is 0 Å². The van der Waals surface area contributed by atoms with Gasteiger partial charge >= 0.3 is 0 Å². The van der Waals surface area contributed by atoms with Crippen LogP contribution in [0.25, 0.3) is 0 Å². The van der Waals surface area contributed by atoms with Crippen LogP contribution in [0.5, 0.6) is 0 Å². The molecule has 1 rings (SSSR count). The lowest BCUT2D eigenvalue weighted by atomic mass is 10.1. The van der Waals surface area contributed by atoms with Gasteiger partial charge in [-0.1, -0.05) is 30.3 Å². The molecule has 15 heavy (non-hydrogen) atoms. The van der Waals surface area contributed by atoms with Crippen molar-refractivity contribution in [2.75, 3.05) is 6.26 Å². The van der Waals surface area contributed by atoms with E-state index in [1.54, 1.807) is 0 Å². The zero-order valence-corrected chi connectivity index (χ0v) is 9.20. The summed E-state index contributed by atoms with van der Waals surface area (Å²) in [6.45, 7) is 0. The minimum Gasteiger partial charge on any atom is -0.302 e. The van der Waals surface area contributed by atoms with E-state index in [4.69, 9.17) is 0 Å². The highest BCUT2D eigenvalue weighted by Gasteiger charge is 2.12. The molecule has 5 heteroatoms. The summed E-state index contributed by atoms with van der Waals surface area (Å²) in [4.78, 5) is 10.7. The van der Waals surface area contributed by atoms with Crippen molar-refractivity contribution < 1.29 is 13.2 Å². The van der Waals surface area contributed by atoms with Crippen molar-refractivity contribution in [3.8, 4) is 0 Å². The molecule has 1 N–H and O–H groups in total. The van der Waals surface area contributed by atoms with Crippen LogP contribution >= 0.6 is 0 Å². The number of carbonyl (C=O) groups is 1. The minimum atomic E-state index is -3.34. The maximum atomic E-state index is 10.9. The van der Waals surface area contributed by atoms with Crippen LogP contribution in [0, 0.1) is 0 Å². The predicted octanol–water partition coefficient (Wildman–Crippen LogP) is 0.346. The Morgan fingerprint density at radius 1 is 1.33 bits per heavy atom. The molecule has 0 heterocycles. The molecule has 0 saturated heterocycles. The first-order chi connectivity index (χ1) is 7.01. The lowest BCUT2D eigenvalue weighted by Crippen LogP contribution is -2.36. The molecule has 0 aromatic heterocycles. The SMILES string of the molecule is CS(=O)(=O)N[C@H](C=O)Cc1ccccc1. The van der Waals surface area contributed by atoms with Crippen molar-refractivity contribution in [3.63, 3.8) is 0 Å². The molecule has 4 nitrogen and oxygen atoms in total. The van der Waals surface area contributed by atoms with E-state index < -0.39 is 16.1 Å². The van der Waals surface area contributed by atoms with E-state index in [1.807, 2.05) is 30.3 Å². The molecule has 0 fully saturated rings. The van der Waals surface area contributed by atoms with Gasteiger partial charge in [-0.05, 0) is 12.0 Å². The molecule has 0 unspecified atom stereocenters. The molecular formula is C10H13NO3S. The molecule has 82 valence electrons. The van der Waals surface area contributed by atoms with E-state index in [2.05, 4.69) is 4.72 Å². The Morgan fingerprint density at radius 2 is 1.93 bits per heavy atom. The summed E-state index contributed by atoms with van der Waals surface area (Å²) in [5.41, 5.74) is 0.922. The van der Waals surface area contributed by atoms with Crippen LogP contribution in [0.4, 0.5) is 0 Å². The number of hydrogen-bond acceptors (Lipinski definition) is 3. The van der Waals surface area contributed by atoms with Crippen molar-refractivity contribution in [1.82, 2.24) is 4.72 Å². The van der Waals surface area contributed by atoms with Crippen LogP contribution in [0.2, 0.25) is 0 Å². The molecule has 0 aliphatic heterocycles. The molecule has 0 aliphatic carbocycles. The van der Waals surface area contributed by atoms with E-state index >= 15 is 0 Å². The fraction of sp³-hybridized carbons (Fsp3) is 0.300. The van der Waals surface area contributed by atoms with Crippen molar-refractivity contribution in [2.45, 2.75) is 12.5 Å². The van der Waals surface area contributed by atoms with Gasteiger partial charge in [0, 0.05) is 0 Å². The number of benzene rings is 1. The number of sulfonamides is 1. The number of nitrogens with one attached hydrogen (secondary N) is 1. The van der Waals surface area contributed by atoms with E-state index in [-0.39, 0.29) is 0 Å². The third-order valence-electron chi connectivity index (χ3n) is 1.83. The van der Waals surface area contributed by atoms with Gasteiger partial charge in [0.25, 0.3) is 0 Å². The fourth-order valence-electron chi connectivity index (χ4n) is 1.26. The quantitative estimate of drug-likeness (QED) is 0.738. The summed E-state index contributed by atoms with van der Waals surface area (Å²) in [6.07, 6.45) is 2.01. The average Bonchev–Trinajstić information content (AvgIpc) is 2.16.